The quantitative estimate of drug-likeness (QED) is 0.547. The van der Waals surface area contributed by atoms with Crippen molar-refractivity contribution in [1.29, 1.82) is 0 Å². The highest BCUT2D eigenvalue weighted by Crippen LogP contribution is 2.20. The van der Waals surface area contributed by atoms with Crippen molar-refractivity contribution in [2.75, 3.05) is 0 Å². The number of allylic oxidation sites excluding steroid dienone is 8. The van der Waals surface area contributed by atoms with E-state index in [0.717, 1.165) is 6.42 Å². The third-order valence-corrected chi connectivity index (χ3v) is 2.20. The lowest BCUT2D eigenvalue weighted by Gasteiger charge is -2.05. The first-order valence-electron chi connectivity index (χ1n) is 4.40. The van der Waals surface area contributed by atoms with Gasteiger partial charge in [0.25, 0.3) is 0 Å². The first-order chi connectivity index (χ1) is 5.74. The second kappa shape index (κ2) is 4.10. The molecule has 0 aliphatic heterocycles. The molecular weight excluding hydrogens is 144 g/mol. The second-order valence-corrected chi connectivity index (χ2v) is 3.24. The van der Waals surface area contributed by atoms with Crippen LogP contribution in [-0.4, -0.2) is 0 Å². The van der Waals surface area contributed by atoms with Crippen LogP contribution < -0.4 is 0 Å². The molecule has 1 rings (SSSR count). The van der Waals surface area contributed by atoms with Gasteiger partial charge in [-0.15, -0.1) is 0 Å². The molecule has 0 nitrogen and oxygen atoms in total. The summed E-state index contributed by atoms with van der Waals surface area (Å²) in [5.41, 5.74) is 4.24. The highest BCUT2D eigenvalue weighted by molar-refractivity contribution is 5.38. The van der Waals surface area contributed by atoms with E-state index < -0.39 is 0 Å². The third-order valence-electron chi connectivity index (χ3n) is 2.20. The fourth-order valence-electron chi connectivity index (χ4n) is 1.27. The second-order valence-electron chi connectivity index (χ2n) is 3.24. The number of hydrogen-bond acceptors (Lipinski definition) is 0. The summed E-state index contributed by atoms with van der Waals surface area (Å²) in [4.78, 5) is 0. The molecule has 0 spiro atoms. The Bertz CT molecular complexity index is 272. The largest absolute Gasteiger partial charge is 0.0844 e. The molecule has 0 saturated heterocycles. The van der Waals surface area contributed by atoms with Crippen LogP contribution in [0.2, 0.25) is 0 Å². The van der Waals surface area contributed by atoms with Gasteiger partial charge < -0.3 is 0 Å². The predicted molar refractivity (Wildman–Crippen MR) is 55.0 cm³/mol. The van der Waals surface area contributed by atoms with Crippen molar-refractivity contribution in [3.8, 4) is 0 Å². The zero-order valence-corrected chi connectivity index (χ0v) is 8.09. The molecule has 0 aromatic rings. The summed E-state index contributed by atoms with van der Waals surface area (Å²) in [5, 5.41) is 0. The smallest absolute Gasteiger partial charge is 0.00643 e. The van der Waals surface area contributed by atoms with Crippen LogP contribution >= 0.6 is 0 Å². The molecular formula is C12H16. The minimum atomic E-state index is 1.09. The first kappa shape index (κ1) is 9.05. The molecule has 0 fully saturated rings. The highest BCUT2D eigenvalue weighted by Gasteiger charge is 2.00. The molecule has 0 bridgehead atoms. The normalized spacial score (nSPS) is 18.4. The molecule has 1 aliphatic rings. The Balaban J connectivity index is 2.87. The van der Waals surface area contributed by atoms with E-state index in [-0.39, 0.29) is 0 Å². The van der Waals surface area contributed by atoms with Crippen LogP contribution in [0.5, 0.6) is 0 Å². The van der Waals surface area contributed by atoms with Crippen molar-refractivity contribution in [2.24, 2.45) is 0 Å². The minimum Gasteiger partial charge on any atom is -0.0844 e. The molecule has 0 amide bonds. The summed E-state index contributed by atoms with van der Waals surface area (Å²) in [6.07, 6.45) is 11.8. The van der Waals surface area contributed by atoms with E-state index in [1.807, 2.05) is 0 Å². The topological polar surface area (TPSA) is 0 Å². The fourth-order valence-corrected chi connectivity index (χ4v) is 1.27. The predicted octanol–water partition coefficient (Wildman–Crippen LogP) is 3.79. The van der Waals surface area contributed by atoms with Gasteiger partial charge in [0.2, 0.25) is 0 Å². The van der Waals surface area contributed by atoms with E-state index in [1.165, 1.54) is 16.7 Å². The maximum atomic E-state index is 2.20. The Labute approximate surface area is 75.0 Å². The van der Waals surface area contributed by atoms with Crippen molar-refractivity contribution in [3.63, 3.8) is 0 Å². The van der Waals surface area contributed by atoms with E-state index in [1.54, 1.807) is 0 Å². The van der Waals surface area contributed by atoms with Crippen molar-refractivity contribution in [3.05, 3.63) is 47.1 Å². The Morgan fingerprint density at radius 2 is 2.00 bits per heavy atom. The van der Waals surface area contributed by atoms with Gasteiger partial charge in [0, 0.05) is 0 Å². The molecule has 0 N–H and O–H groups in total. The lowest BCUT2D eigenvalue weighted by molar-refractivity contribution is 1.11. The molecule has 64 valence electrons. The molecule has 0 radical (unpaired) electrons. The van der Waals surface area contributed by atoms with Crippen molar-refractivity contribution >= 4 is 0 Å². The van der Waals surface area contributed by atoms with Gasteiger partial charge in [-0.3, -0.25) is 0 Å². The van der Waals surface area contributed by atoms with E-state index in [2.05, 4.69) is 51.2 Å². The molecule has 0 atom stereocenters. The molecule has 1 aliphatic carbocycles. The molecule has 12 heavy (non-hydrogen) atoms. The maximum Gasteiger partial charge on any atom is -0.00643 e. The van der Waals surface area contributed by atoms with E-state index in [9.17, 15) is 0 Å². The summed E-state index contributed by atoms with van der Waals surface area (Å²) in [5.74, 6) is 0. The van der Waals surface area contributed by atoms with Crippen molar-refractivity contribution in [1.82, 2.24) is 0 Å². The van der Waals surface area contributed by atoms with Crippen molar-refractivity contribution in [2.45, 2.75) is 27.2 Å². The average molecular weight is 160 g/mol. The van der Waals surface area contributed by atoms with E-state index in [0.29, 0.717) is 0 Å². The van der Waals surface area contributed by atoms with Crippen LogP contribution in [0.4, 0.5) is 0 Å². The monoisotopic (exact) mass is 160 g/mol. The summed E-state index contributed by atoms with van der Waals surface area (Å²) in [6.45, 7) is 6.43. The molecule has 0 heterocycles. The van der Waals surface area contributed by atoms with E-state index >= 15 is 0 Å². The average Bonchev–Trinajstić information content (AvgIpc) is 2.28. The van der Waals surface area contributed by atoms with Crippen LogP contribution in [0.1, 0.15) is 27.2 Å². The summed E-state index contributed by atoms with van der Waals surface area (Å²) >= 11 is 0. The van der Waals surface area contributed by atoms with E-state index in [4.69, 9.17) is 0 Å². The summed E-state index contributed by atoms with van der Waals surface area (Å²) in [6, 6.07) is 0. The molecule has 0 aromatic heterocycles. The van der Waals surface area contributed by atoms with Crippen LogP contribution in [-0.2, 0) is 0 Å². The van der Waals surface area contributed by atoms with Crippen LogP contribution in [0.25, 0.3) is 0 Å². The Hall–Kier alpha value is -1.04. The SMILES string of the molecule is CC=C(C)C1=CC=CC=C(C)C1. The van der Waals surface area contributed by atoms with Crippen LogP contribution in [0, 0.1) is 0 Å². The maximum absolute atomic E-state index is 2.20. The van der Waals surface area contributed by atoms with Gasteiger partial charge in [-0.1, -0.05) is 41.5 Å². The van der Waals surface area contributed by atoms with Gasteiger partial charge in [-0.2, -0.15) is 0 Å². The highest BCUT2D eigenvalue weighted by atomic mass is 14.1. The zero-order valence-electron chi connectivity index (χ0n) is 8.09. The van der Waals surface area contributed by atoms with Crippen LogP contribution in [0.15, 0.2) is 47.1 Å². The summed E-state index contributed by atoms with van der Waals surface area (Å²) < 4.78 is 0. The Kier molecular flexibility index (Phi) is 3.09. The van der Waals surface area contributed by atoms with Gasteiger partial charge in [0.05, 0.1) is 0 Å². The molecule has 0 aromatic carbocycles. The summed E-state index contributed by atoms with van der Waals surface area (Å²) in [7, 11) is 0. The number of hydrogen-bond donors (Lipinski definition) is 0. The van der Waals surface area contributed by atoms with Gasteiger partial charge in [0.15, 0.2) is 0 Å². The van der Waals surface area contributed by atoms with Crippen molar-refractivity contribution < 1.29 is 0 Å². The van der Waals surface area contributed by atoms with Gasteiger partial charge in [-0.25, -0.2) is 0 Å². The van der Waals surface area contributed by atoms with Gasteiger partial charge in [-0.05, 0) is 32.8 Å². The Morgan fingerprint density at radius 3 is 2.67 bits per heavy atom. The van der Waals surface area contributed by atoms with Gasteiger partial charge in [0.1, 0.15) is 0 Å². The lowest BCUT2D eigenvalue weighted by Crippen LogP contribution is -1.85. The zero-order chi connectivity index (χ0) is 8.97. The fraction of sp³-hybridized carbons (Fsp3) is 0.333. The standard InChI is InChI=1S/C12H16/c1-4-11(3)12-8-6-5-7-10(2)9-12/h4-8H,9H2,1-3H3. The van der Waals surface area contributed by atoms with Crippen LogP contribution in [0.3, 0.4) is 0 Å². The lowest BCUT2D eigenvalue weighted by atomic mass is 10.0. The molecule has 0 unspecified atom stereocenters. The third kappa shape index (κ3) is 2.23. The minimum absolute atomic E-state index is 1.09. The molecule has 0 saturated carbocycles. The number of rotatable bonds is 1. The van der Waals surface area contributed by atoms with Gasteiger partial charge >= 0.3 is 0 Å². The Morgan fingerprint density at radius 1 is 1.33 bits per heavy atom. The first-order valence-corrected chi connectivity index (χ1v) is 4.40. The molecule has 0 heteroatoms.